The fraction of sp³-hybridized carbons (Fsp3) is 0.833. The zero-order valence-corrected chi connectivity index (χ0v) is 17.1. The minimum absolute atomic E-state index is 0.0281. The number of nitrogens with one attached hydrogen (secondary N) is 4. The highest BCUT2D eigenvalue weighted by molar-refractivity contribution is 6.29. The van der Waals surface area contributed by atoms with Gasteiger partial charge in [0.1, 0.15) is 12.1 Å². The molecule has 4 aliphatic heterocycles. The van der Waals surface area contributed by atoms with E-state index in [-0.39, 0.29) is 30.3 Å². The smallest absolute Gasteiger partial charge is 0.229 e. The molecule has 6 atom stereocenters. The number of carbonyl (C=O) groups is 1. The van der Waals surface area contributed by atoms with Crippen molar-refractivity contribution < 1.29 is 9.53 Å². The van der Waals surface area contributed by atoms with Gasteiger partial charge in [-0.05, 0) is 32.9 Å². The number of halogens is 1. The molecule has 0 aliphatic carbocycles. The predicted molar refractivity (Wildman–Crippen MR) is 107 cm³/mol. The Labute approximate surface area is 171 Å². The van der Waals surface area contributed by atoms with Crippen molar-refractivity contribution >= 4 is 17.5 Å². The standard InChI is InChI=1S/C18H32ClN7O2/c1-25-6-4-14(28-12-3-2-5-21-8-12)13(10-25)23-18(27)15-16(20)24-26-9-11(19)7-22-17(15)26/h9,12-17,21-22,24H,2-8,10,20H2,1H3,(H,23,27)/t12-,13?,14?,15?,16?,17?/m1/s1. The van der Waals surface area contributed by atoms with Crippen molar-refractivity contribution in [3.05, 3.63) is 11.2 Å². The van der Waals surface area contributed by atoms with Gasteiger partial charge in [-0.3, -0.25) is 15.1 Å². The Morgan fingerprint density at radius 3 is 3.07 bits per heavy atom. The number of fused-ring (bicyclic) bond motifs is 1. The molecule has 10 heteroatoms. The summed E-state index contributed by atoms with van der Waals surface area (Å²) in [6.45, 7) is 4.23. The van der Waals surface area contributed by atoms with Crippen LogP contribution in [0.1, 0.15) is 19.3 Å². The van der Waals surface area contributed by atoms with E-state index in [0.29, 0.717) is 11.6 Å². The fourth-order valence-electron chi connectivity index (χ4n) is 4.61. The number of nitrogens with two attached hydrogens (primary N) is 1. The molecule has 0 spiro atoms. The molecular formula is C18H32ClN7O2. The first kappa shape index (κ1) is 20.3. The lowest BCUT2D eigenvalue weighted by atomic mass is 9.98. The molecule has 4 rings (SSSR count). The number of hydrogen-bond acceptors (Lipinski definition) is 8. The SMILES string of the molecule is CN1CCC(O[C@@H]2CCCNC2)C(NC(=O)C2C(N)NN3C=C(Cl)CNC23)C1. The van der Waals surface area contributed by atoms with Crippen LogP contribution in [0, 0.1) is 5.92 Å². The van der Waals surface area contributed by atoms with E-state index in [9.17, 15) is 4.79 Å². The highest BCUT2D eigenvalue weighted by Gasteiger charge is 2.46. The Bertz CT molecular complexity index is 600. The predicted octanol–water partition coefficient (Wildman–Crippen LogP) is -1.33. The molecule has 0 saturated carbocycles. The summed E-state index contributed by atoms with van der Waals surface area (Å²) in [5, 5.41) is 12.4. The number of nitrogens with zero attached hydrogens (tertiary/aromatic N) is 2. The summed E-state index contributed by atoms with van der Waals surface area (Å²) >= 11 is 6.09. The summed E-state index contributed by atoms with van der Waals surface area (Å²) in [6, 6.07) is -0.0443. The average molecular weight is 414 g/mol. The van der Waals surface area contributed by atoms with E-state index in [4.69, 9.17) is 22.1 Å². The molecule has 1 amide bonds. The molecule has 4 aliphatic rings. The van der Waals surface area contributed by atoms with Gasteiger partial charge in [-0.15, -0.1) is 0 Å². The van der Waals surface area contributed by atoms with Gasteiger partial charge in [-0.2, -0.15) is 0 Å². The van der Waals surface area contributed by atoms with Gasteiger partial charge in [0.15, 0.2) is 0 Å². The minimum atomic E-state index is -0.473. The number of hydrogen-bond donors (Lipinski definition) is 5. The first-order valence-corrected chi connectivity index (χ1v) is 10.6. The van der Waals surface area contributed by atoms with Crippen LogP contribution in [-0.4, -0.2) is 86.2 Å². The van der Waals surface area contributed by atoms with Crippen LogP contribution in [0.3, 0.4) is 0 Å². The monoisotopic (exact) mass is 413 g/mol. The van der Waals surface area contributed by atoms with Gasteiger partial charge in [0.25, 0.3) is 0 Å². The van der Waals surface area contributed by atoms with E-state index >= 15 is 0 Å². The highest BCUT2D eigenvalue weighted by atomic mass is 35.5. The van der Waals surface area contributed by atoms with Gasteiger partial charge >= 0.3 is 0 Å². The molecule has 28 heavy (non-hydrogen) atoms. The average Bonchev–Trinajstić information content (AvgIpc) is 2.99. The minimum Gasteiger partial charge on any atom is -0.371 e. The van der Waals surface area contributed by atoms with E-state index in [0.717, 1.165) is 45.4 Å². The van der Waals surface area contributed by atoms with Crippen molar-refractivity contribution in [2.24, 2.45) is 11.7 Å². The molecule has 0 aromatic rings. The van der Waals surface area contributed by atoms with E-state index in [1.54, 1.807) is 11.2 Å². The van der Waals surface area contributed by atoms with Crippen LogP contribution in [0.25, 0.3) is 0 Å². The third-order valence-corrected chi connectivity index (χ3v) is 6.32. The van der Waals surface area contributed by atoms with Gasteiger partial charge in [-0.1, -0.05) is 11.6 Å². The third-order valence-electron chi connectivity index (χ3n) is 6.09. The summed E-state index contributed by atoms with van der Waals surface area (Å²) in [4.78, 5) is 15.4. The number of rotatable bonds is 4. The Morgan fingerprint density at radius 1 is 1.43 bits per heavy atom. The molecule has 3 fully saturated rings. The normalized spacial score (nSPS) is 39.4. The maximum absolute atomic E-state index is 13.2. The van der Waals surface area contributed by atoms with E-state index in [2.05, 4.69) is 33.3 Å². The zero-order valence-electron chi connectivity index (χ0n) is 16.4. The van der Waals surface area contributed by atoms with Crippen LogP contribution in [0.15, 0.2) is 11.2 Å². The number of carbonyl (C=O) groups excluding carboxylic acids is 1. The Hall–Kier alpha value is -0.940. The van der Waals surface area contributed by atoms with Crippen LogP contribution < -0.4 is 27.1 Å². The molecule has 4 heterocycles. The molecule has 5 unspecified atom stereocenters. The molecule has 3 saturated heterocycles. The summed E-state index contributed by atoms with van der Waals surface area (Å²) < 4.78 is 6.40. The van der Waals surface area contributed by atoms with E-state index in [1.165, 1.54) is 0 Å². The maximum Gasteiger partial charge on any atom is 0.229 e. The summed E-state index contributed by atoms with van der Waals surface area (Å²) in [6.07, 6.45) is 4.49. The van der Waals surface area contributed by atoms with Crippen molar-refractivity contribution in [1.82, 2.24) is 31.3 Å². The van der Waals surface area contributed by atoms with Crippen LogP contribution in [0.4, 0.5) is 0 Å². The number of hydrazine groups is 1. The Kier molecular flexibility index (Phi) is 6.41. The third kappa shape index (κ3) is 4.46. The summed E-state index contributed by atoms with van der Waals surface area (Å²) in [7, 11) is 2.08. The van der Waals surface area contributed by atoms with Crippen molar-refractivity contribution in [1.29, 1.82) is 0 Å². The molecule has 0 radical (unpaired) electrons. The van der Waals surface area contributed by atoms with Crippen molar-refractivity contribution in [3.8, 4) is 0 Å². The first-order valence-electron chi connectivity index (χ1n) is 10.3. The second-order valence-electron chi connectivity index (χ2n) is 8.30. The topological polar surface area (TPSA) is 107 Å². The number of piperidine rings is 2. The number of ether oxygens (including phenoxy) is 1. The van der Waals surface area contributed by atoms with Crippen LogP contribution in [0.2, 0.25) is 0 Å². The fourth-order valence-corrected chi connectivity index (χ4v) is 4.79. The zero-order chi connectivity index (χ0) is 19.7. The van der Waals surface area contributed by atoms with Crippen LogP contribution >= 0.6 is 11.6 Å². The quantitative estimate of drug-likeness (QED) is 0.386. The molecule has 0 bridgehead atoms. The van der Waals surface area contributed by atoms with Gasteiger partial charge in [0, 0.05) is 37.4 Å². The van der Waals surface area contributed by atoms with Crippen LogP contribution in [-0.2, 0) is 9.53 Å². The lowest BCUT2D eigenvalue weighted by Crippen LogP contribution is -2.60. The van der Waals surface area contributed by atoms with E-state index in [1.807, 2.05) is 0 Å². The van der Waals surface area contributed by atoms with Crippen molar-refractivity contribution in [2.75, 3.05) is 39.8 Å². The molecule has 6 N–H and O–H groups in total. The summed E-state index contributed by atoms with van der Waals surface area (Å²) in [5.74, 6) is -0.465. The summed E-state index contributed by atoms with van der Waals surface area (Å²) in [5.41, 5.74) is 9.34. The second-order valence-corrected chi connectivity index (χ2v) is 8.78. The van der Waals surface area contributed by atoms with Crippen molar-refractivity contribution in [2.45, 2.75) is 49.8 Å². The van der Waals surface area contributed by atoms with Crippen molar-refractivity contribution in [3.63, 3.8) is 0 Å². The molecule has 9 nitrogen and oxygen atoms in total. The van der Waals surface area contributed by atoms with Gasteiger partial charge in [0.2, 0.25) is 5.91 Å². The first-order chi connectivity index (χ1) is 13.5. The largest absolute Gasteiger partial charge is 0.371 e. The highest BCUT2D eigenvalue weighted by Crippen LogP contribution is 2.25. The van der Waals surface area contributed by atoms with E-state index < -0.39 is 12.1 Å². The van der Waals surface area contributed by atoms with Gasteiger partial charge in [-0.25, -0.2) is 5.43 Å². The molecular weight excluding hydrogens is 382 g/mol. The second kappa shape index (κ2) is 8.83. The number of likely N-dealkylation sites (N-methyl/N-ethyl adjacent to an activating group) is 1. The Morgan fingerprint density at radius 2 is 2.29 bits per heavy atom. The van der Waals surface area contributed by atoms with Crippen LogP contribution in [0.5, 0.6) is 0 Å². The molecule has 0 aromatic carbocycles. The Balaban J connectivity index is 1.40. The molecule has 0 aromatic heterocycles. The van der Waals surface area contributed by atoms with Gasteiger partial charge < -0.3 is 26.0 Å². The lowest BCUT2D eigenvalue weighted by molar-refractivity contribution is -0.130. The number of likely N-dealkylation sites (tertiary alicyclic amines) is 1. The lowest BCUT2D eigenvalue weighted by Gasteiger charge is -2.40. The number of amides is 1. The van der Waals surface area contributed by atoms with Gasteiger partial charge in [0.05, 0.1) is 24.4 Å². The maximum atomic E-state index is 13.2. The molecule has 158 valence electrons.